The highest BCUT2D eigenvalue weighted by Gasteiger charge is 2.46. The third-order valence-electron chi connectivity index (χ3n) is 12.9. The Labute approximate surface area is 344 Å². The van der Waals surface area contributed by atoms with Crippen LogP contribution in [-0.4, -0.2) is 113 Å². The Morgan fingerprint density at radius 1 is 0.864 bits per heavy atom. The molecule has 2 aromatic carbocycles. The van der Waals surface area contributed by atoms with Gasteiger partial charge in [0, 0.05) is 63.8 Å². The van der Waals surface area contributed by atoms with Crippen LogP contribution in [0.15, 0.2) is 42.5 Å². The number of aromatic nitrogens is 2. The first-order valence-electron chi connectivity index (χ1n) is 20.3. The Bertz CT molecular complexity index is 2240. The predicted octanol–water partition coefficient (Wildman–Crippen LogP) is 3.70. The molecule has 306 valence electrons. The Morgan fingerprint density at radius 3 is 2.22 bits per heavy atom. The number of imide groups is 2. The summed E-state index contributed by atoms with van der Waals surface area (Å²) in [6.07, 6.45) is 4.81. The molecule has 9 rings (SSSR count). The molecule has 0 radical (unpaired) electrons. The normalized spacial score (nSPS) is 26.1. The van der Waals surface area contributed by atoms with Crippen LogP contribution < -0.4 is 25.2 Å². The first-order chi connectivity index (χ1) is 28.5. The van der Waals surface area contributed by atoms with Crippen molar-refractivity contribution in [3.05, 3.63) is 75.7 Å². The van der Waals surface area contributed by atoms with E-state index in [2.05, 4.69) is 30.6 Å². The van der Waals surface area contributed by atoms with Crippen molar-refractivity contribution in [1.29, 1.82) is 5.26 Å². The second-order valence-corrected chi connectivity index (χ2v) is 16.9. The van der Waals surface area contributed by atoms with Gasteiger partial charge in [-0.3, -0.25) is 39.1 Å². The van der Waals surface area contributed by atoms with Crippen LogP contribution in [-0.2, 0) is 9.59 Å². The minimum absolute atomic E-state index is 0.00594. The fraction of sp³-hybridized carbons (Fsp3) is 0.476. The molecule has 15 nitrogen and oxygen atoms in total. The van der Waals surface area contributed by atoms with Gasteiger partial charge in [0.2, 0.25) is 11.8 Å². The van der Waals surface area contributed by atoms with E-state index in [0.29, 0.717) is 47.3 Å². The van der Waals surface area contributed by atoms with Crippen LogP contribution in [0.4, 0.5) is 15.9 Å². The fourth-order valence-electron chi connectivity index (χ4n) is 9.76. The molecule has 3 aromatic rings. The molecule has 3 unspecified atom stereocenters. The monoisotopic (exact) mass is 823 g/mol. The maximum absolute atomic E-state index is 15.5. The van der Waals surface area contributed by atoms with Gasteiger partial charge in [-0.1, -0.05) is 11.6 Å². The average molecular weight is 824 g/mol. The lowest BCUT2D eigenvalue weighted by Gasteiger charge is -2.38. The van der Waals surface area contributed by atoms with E-state index in [1.54, 1.807) is 24.3 Å². The molecule has 59 heavy (non-hydrogen) atoms. The van der Waals surface area contributed by atoms with Crippen molar-refractivity contribution in [3.63, 3.8) is 0 Å². The summed E-state index contributed by atoms with van der Waals surface area (Å²) >= 11 is 6.15. The molecule has 1 saturated carbocycles. The first kappa shape index (κ1) is 38.8. The van der Waals surface area contributed by atoms with Gasteiger partial charge in [-0.25, -0.2) is 4.39 Å². The van der Waals surface area contributed by atoms with Gasteiger partial charge in [0.1, 0.15) is 23.7 Å². The summed E-state index contributed by atoms with van der Waals surface area (Å²) in [5.74, 6) is -1.03. The quantitative estimate of drug-likeness (QED) is 0.315. The molecule has 1 aliphatic carbocycles. The van der Waals surface area contributed by atoms with Crippen molar-refractivity contribution in [2.24, 2.45) is 11.8 Å². The lowest BCUT2D eigenvalue weighted by Crippen LogP contribution is -2.54. The Hall–Kier alpha value is -5.66. The molecule has 0 spiro atoms. The summed E-state index contributed by atoms with van der Waals surface area (Å²) in [6.45, 7) is 4.80. The number of anilines is 2. The maximum Gasteiger partial charge on any atom is 0.272 e. The van der Waals surface area contributed by atoms with Gasteiger partial charge in [-0.15, -0.1) is 10.2 Å². The molecular formula is C42H43ClFN9O6. The lowest BCUT2D eigenvalue weighted by atomic mass is 9.93. The van der Waals surface area contributed by atoms with E-state index in [0.717, 1.165) is 81.5 Å². The number of nitrogens with one attached hydrogen (secondary N) is 2. The number of likely N-dealkylation sites (tertiary alicyclic amines) is 1. The minimum Gasteiger partial charge on any atom is -0.490 e. The molecule has 1 aromatic heterocycles. The Kier molecular flexibility index (Phi) is 10.4. The fourth-order valence-corrected chi connectivity index (χ4v) is 9.97. The molecule has 2 N–H and O–H groups in total. The molecule has 3 atom stereocenters. The zero-order chi connectivity index (χ0) is 40.9. The number of nitriles is 1. The van der Waals surface area contributed by atoms with Gasteiger partial charge in [-0.05, 0) is 93.2 Å². The highest BCUT2D eigenvalue weighted by molar-refractivity contribution is 6.31. The molecule has 6 heterocycles. The van der Waals surface area contributed by atoms with Gasteiger partial charge >= 0.3 is 0 Å². The minimum atomic E-state index is -1.10. The standard InChI is InChI=1S/C42H43ClFN9O6/c43-32-15-29(4-1-23(32)18-45)59-28-5-2-26(3-6-28)46-39(55)34-7-9-37(49-48-34)52-21-24-19-51(20-25(24)22-52)27-11-13-50(14-12-27)36-17-31-30(16-33(36)44)41(57)53(42(31)58)35-8-10-38(54)47-40(35)56/h1,4,7,9,15-17,24-28,35H,2-3,5-6,8,10-14,19-22H2,(H,46,55)(H,47,54,56)/t24?,25?,26-,28-,35?. The third kappa shape index (κ3) is 7.57. The largest absolute Gasteiger partial charge is 0.490 e. The highest BCUT2D eigenvalue weighted by atomic mass is 35.5. The number of rotatable bonds is 8. The van der Waals surface area contributed by atoms with E-state index in [-0.39, 0.29) is 53.4 Å². The zero-order valence-electron chi connectivity index (χ0n) is 32.2. The number of hydrogen-bond donors (Lipinski definition) is 2. The summed E-state index contributed by atoms with van der Waals surface area (Å²) in [5, 5.41) is 23.5. The van der Waals surface area contributed by atoms with Gasteiger partial charge in [0.15, 0.2) is 11.5 Å². The van der Waals surface area contributed by atoms with Crippen molar-refractivity contribution in [2.45, 2.75) is 75.6 Å². The smallest absolute Gasteiger partial charge is 0.272 e. The van der Waals surface area contributed by atoms with Crippen molar-refractivity contribution < 1.29 is 33.1 Å². The van der Waals surface area contributed by atoms with Gasteiger partial charge in [0.05, 0.1) is 33.5 Å². The van der Waals surface area contributed by atoms with Crippen LogP contribution >= 0.6 is 11.6 Å². The van der Waals surface area contributed by atoms with Crippen LogP contribution in [0.5, 0.6) is 5.75 Å². The van der Waals surface area contributed by atoms with Crippen molar-refractivity contribution >= 4 is 52.6 Å². The van der Waals surface area contributed by atoms with Gasteiger partial charge in [0.25, 0.3) is 17.7 Å². The predicted molar refractivity (Wildman–Crippen MR) is 211 cm³/mol. The number of halogens is 2. The van der Waals surface area contributed by atoms with Crippen LogP contribution in [0.2, 0.25) is 5.02 Å². The van der Waals surface area contributed by atoms with Gasteiger partial charge in [-0.2, -0.15) is 5.26 Å². The van der Waals surface area contributed by atoms with Crippen LogP contribution in [0.3, 0.4) is 0 Å². The number of hydrogen-bond acceptors (Lipinski definition) is 12. The molecular weight excluding hydrogens is 781 g/mol. The van der Waals surface area contributed by atoms with Crippen LogP contribution in [0, 0.1) is 29.0 Å². The molecule has 5 fully saturated rings. The highest BCUT2D eigenvalue weighted by Crippen LogP contribution is 2.38. The number of carbonyl (C=O) groups is 5. The lowest BCUT2D eigenvalue weighted by molar-refractivity contribution is -0.136. The summed E-state index contributed by atoms with van der Waals surface area (Å²) in [4.78, 5) is 71.2. The number of benzene rings is 2. The number of amides is 5. The summed E-state index contributed by atoms with van der Waals surface area (Å²) < 4.78 is 21.6. The van der Waals surface area contributed by atoms with Crippen LogP contribution in [0.1, 0.15) is 88.1 Å². The van der Waals surface area contributed by atoms with Crippen molar-refractivity contribution in [3.8, 4) is 11.8 Å². The summed E-state index contributed by atoms with van der Waals surface area (Å²) in [7, 11) is 0. The molecule has 4 saturated heterocycles. The van der Waals surface area contributed by atoms with E-state index in [1.165, 1.54) is 6.07 Å². The summed E-state index contributed by atoms with van der Waals surface area (Å²) in [5.41, 5.74) is 0.974. The summed E-state index contributed by atoms with van der Waals surface area (Å²) in [6, 6.07) is 12.5. The van der Waals surface area contributed by atoms with Gasteiger partial charge < -0.3 is 19.9 Å². The first-order valence-corrected chi connectivity index (χ1v) is 20.7. The topological polar surface area (TPSA) is 181 Å². The van der Waals surface area contributed by atoms with E-state index < -0.39 is 35.5 Å². The molecule has 0 bridgehead atoms. The molecule has 5 amide bonds. The van der Waals surface area contributed by atoms with Crippen LogP contribution in [0.25, 0.3) is 0 Å². The second-order valence-electron chi connectivity index (χ2n) is 16.5. The second kappa shape index (κ2) is 15.8. The van der Waals surface area contributed by atoms with Crippen molar-refractivity contribution in [1.82, 2.24) is 30.6 Å². The van der Waals surface area contributed by atoms with E-state index in [4.69, 9.17) is 21.6 Å². The van der Waals surface area contributed by atoms with Crippen molar-refractivity contribution in [2.75, 3.05) is 49.1 Å². The number of fused-ring (bicyclic) bond motifs is 2. The molecule has 6 aliphatic rings. The van der Waals surface area contributed by atoms with E-state index in [1.807, 2.05) is 17.0 Å². The number of ether oxygens (including phenoxy) is 1. The molecule has 5 aliphatic heterocycles. The molecule has 17 heteroatoms. The Balaban J connectivity index is 0.728. The van der Waals surface area contributed by atoms with E-state index in [9.17, 15) is 24.0 Å². The SMILES string of the molecule is N#Cc1ccc(O[C@H]2CC[C@H](NC(=O)c3ccc(N4CC5CN(C6CCN(c7cc8c(cc7F)C(=O)N(C7CCC(=O)NC7=O)C8=O)CC6)CC5C4)nn3)CC2)cc1Cl. The number of carbonyl (C=O) groups excluding carboxylic acids is 5. The zero-order valence-corrected chi connectivity index (χ0v) is 33.0. The maximum atomic E-state index is 15.5. The van der Waals surface area contributed by atoms with E-state index >= 15 is 4.39 Å². The average Bonchev–Trinajstić information content (AvgIpc) is 3.89. The third-order valence-corrected chi connectivity index (χ3v) is 13.2. The Morgan fingerprint density at radius 2 is 1.58 bits per heavy atom. The number of piperidine rings is 2. The number of nitrogens with zero attached hydrogens (tertiary/aromatic N) is 7.